The first-order valence-corrected chi connectivity index (χ1v) is 10.2. The molecule has 0 heterocycles. The van der Waals surface area contributed by atoms with Crippen molar-refractivity contribution >= 4 is 27.5 Å². The van der Waals surface area contributed by atoms with Gasteiger partial charge in [0.05, 0.1) is 4.83 Å². The number of fused-ring (bicyclic) bond motifs is 5. The number of hydrogen-bond donors (Lipinski definition) is 0. The molecule has 0 aliphatic heterocycles. The van der Waals surface area contributed by atoms with Crippen LogP contribution in [-0.4, -0.2) is 16.4 Å². The van der Waals surface area contributed by atoms with Gasteiger partial charge in [0.15, 0.2) is 5.78 Å². The molecule has 0 N–H and O–H groups in total. The van der Waals surface area contributed by atoms with E-state index in [0.29, 0.717) is 23.5 Å². The number of Topliss-reactive ketones (excluding diaryl/α,β-unsaturated/α-hetero) is 2. The van der Waals surface area contributed by atoms with Gasteiger partial charge in [-0.05, 0) is 67.8 Å². The molecule has 0 aromatic rings. The van der Waals surface area contributed by atoms with Crippen LogP contribution in [-0.2, 0) is 9.59 Å². The van der Waals surface area contributed by atoms with Crippen LogP contribution >= 0.6 is 15.9 Å². The Labute approximate surface area is 153 Å². The highest BCUT2D eigenvalue weighted by molar-refractivity contribution is 9.10. The van der Waals surface area contributed by atoms with Gasteiger partial charge in [-0.3, -0.25) is 9.59 Å². The fraction of sp³-hybridized carbons (Fsp3) is 0.714. The van der Waals surface area contributed by atoms with Crippen molar-refractivity contribution in [3.63, 3.8) is 0 Å². The van der Waals surface area contributed by atoms with Crippen molar-refractivity contribution in [2.24, 2.45) is 28.6 Å². The number of ketones is 2. The third-order valence-electron chi connectivity index (χ3n) is 8.07. The number of allylic oxidation sites excluding steroid dienone is 2. The standard InChI is InChI=1S/C21H27BrO2/c1-11-9-15-12(2)19(24)16(22)10-21(15,4)14-7-8-20(3)13(18(11)14)5-6-17(20)23/h13-14,16,18H,1,5-10H2,2-4H3/t13-,14-,16?,18-,20-,21+/m0/s1. The largest absolute Gasteiger partial charge is 0.299 e. The van der Waals surface area contributed by atoms with Crippen LogP contribution in [0.5, 0.6) is 0 Å². The molecule has 0 radical (unpaired) electrons. The Kier molecular flexibility index (Phi) is 3.60. The molecule has 4 aliphatic carbocycles. The molecule has 3 heteroatoms. The zero-order valence-corrected chi connectivity index (χ0v) is 16.5. The lowest BCUT2D eigenvalue weighted by molar-refractivity contribution is -0.131. The minimum absolute atomic E-state index is 0.0585. The van der Waals surface area contributed by atoms with Gasteiger partial charge in [0, 0.05) is 11.8 Å². The molecule has 3 fully saturated rings. The molecule has 130 valence electrons. The van der Waals surface area contributed by atoms with Gasteiger partial charge in [-0.15, -0.1) is 0 Å². The summed E-state index contributed by atoms with van der Waals surface area (Å²) in [4.78, 5) is 25.0. The zero-order valence-electron chi connectivity index (χ0n) is 15.0. The Morgan fingerprint density at radius 2 is 1.79 bits per heavy atom. The van der Waals surface area contributed by atoms with E-state index in [9.17, 15) is 9.59 Å². The lowest BCUT2D eigenvalue weighted by Crippen LogP contribution is -2.53. The molecular weight excluding hydrogens is 364 g/mol. The maximum absolute atomic E-state index is 12.5. The summed E-state index contributed by atoms with van der Waals surface area (Å²) in [6, 6.07) is 0. The normalized spacial score (nSPS) is 48.2. The number of carbonyl (C=O) groups is 2. The highest BCUT2D eigenvalue weighted by Crippen LogP contribution is 2.66. The van der Waals surface area contributed by atoms with Crippen molar-refractivity contribution in [2.45, 2.75) is 64.1 Å². The second kappa shape index (κ2) is 5.16. The summed E-state index contributed by atoms with van der Waals surface area (Å²) in [7, 11) is 0. The highest BCUT2D eigenvalue weighted by Gasteiger charge is 2.61. The number of carbonyl (C=O) groups excluding carboxylic acids is 2. The van der Waals surface area contributed by atoms with Gasteiger partial charge in [-0.2, -0.15) is 0 Å². The molecule has 0 saturated heterocycles. The third kappa shape index (κ3) is 1.94. The molecule has 4 rings (SSSR count). The first kappa shape index (κ1) is 16.8. The van der Waals surface area contributed by atoms with E-state index >= 15 is 0 Å². The molecule has 0 bridgehead atoms. The van der Waals surface area contributed by atoms with Crippen LogP contribution < -0.4 is 0 Å². The summed E-state index contributed by atoms with van der Waals surface area (Å²) < 4.78 is 0. The van der Waals surface area contributed by atoms with Gasteiger partial charge in [0.1, 0.15) is 5.78 Å². The van der Waals surface area contributed by atoms with Crippen molar-refractivity contribution in [3.8, 4) is 0 Å². The topological polar surface area (TPSA) is 34.1 Å². The highest BCUT2D eigenvalue weighted by atomic mass is 79.9. The molecule has 4 aliphatic rings. The van der Waals surface area contributed by atoms with Gasteiger partial charge >= 0.3 is 0 Å². The number of halogens is 1. The van der Waals surface area contributed by atoms with Crippen LogP contribution in [0, 0.1) is 28.6 Å². The summed E-state index contributed by atoms with van der Waals surface area (Å²) in [6.45, 7) is 11.0. The van der Waals surface area contributed by atoms with Crippen LogP contribution in [0.3, 0.4) is 0 Å². The van der Waals surface area contributed by atoms with Gasteiger partial charge in [-0.1, -0.05) is 47.5 Å². The molecule has 6 atom stereocenters. The van der Waals surface area contributed by atoms with Crippen LogP contribution in [0.15, 0.2) is 23.3 Å². The number of alkyl halides is 1. The molecule has 3 saturated carbocycles. The fourth-order valence-corrected chi connectivity index (χ4v) is 7.67. The monoisotopic (exact) mass is 390 g/mol. The number of hydrogen-bond acceptors (Lipinski definition) is 2. The summed E-state index contributed by atoms with van der Waals surface area (Å²) in [5.74, 6) is 2.16. The Bertz CT molecular complexity index is 690. The van der Waals surface area contributed by atoms with E-state index in [1.54, 1.807) is 0 Å². The van der Waals surface area contributed by atoms with Crippen LogP contribution in [0.4, 0.5) is 0 Å². The SMILES string of the molecule is C=C1CC2=C(C)C(=O)C(Br)C[C@]2(C)[C@H]2CC[C@]3(C)C(=O)CC[C@H]3[C@H]12. The first-order chi connectivity index (χ1) is 11.2. The quantitative estimate of drug-likeness (QED) is 0.429. The third-order valence-corrected chi connectivity index (χ3v) is 8.81. The maximum Gasteiger partial charge on any atom is 0.172 e. The molecule has 0 amide bonds. The summed E-state index contributed by atoms with van der Waals surface area (Å²) in [5.41, 5.74) is 3.52. The first-order valence-electron chi connectivity index (χ1n) is 9.29. The van der Waals surface area contributed by atoms with E-state index in [0.717, 1.165) is 44.1 Å². The molecule has 2 nitrogen and oxygen atoms in total. The number of rotatable bonds is 0. The van der Waals surface area contributed by atoms with E-state index < -0.39 is 0 Å². The Morgan fingerprint density at radius 1 is 1.12 bits per heavy atom. The average Bonchev–Trinajstić information content (AvgIpc) is 2.83. The summed E-state index contributed by atoms with van der Waals surface area (Å²) in [6.07, 6.45) is 5.62. The van der Waals surface area contributed by atoms with E-state index in [-0.39, 0.29) is 21.4 Å². The van der Waals surface area contributed by atoms with Crippen molar-refractivity contribution in [3.05, 3.63) is 23.3 Å². The molecule has 0 spiro atoms. The van der Waals surface area contributed by atoms with Gasteiger partial charge < -0.3 is 0 Å². The lowest BCUT2D eigenvalue weighted by Gasteiger charge is -2.58. The zero-order chi connectivity index (χ0) is 17.4. The van der Waals surface area contributed by atoms with Crippen molar-refractivity contribution in [1.29, 1.82) is 0 Å². The molecule has 0 aromatic heterocycles. The van der Waals surface area contributed by atoms with E-state index in [1.807, 2.05) is 6.92 Å². The van der Waals surface area contributed by atoms with Crippen molar-refractivity contribution in [2.75, 3.05) is 0 Å². The van der Waals surface area contributed by atoms with Crippen LogP contribution in [0.2, 0.25) is 0 Å². The molecule has 1 unspecified atom stereocenters. The lowest BCUT2D eigenvalue weighted by atomic mass is 9.46. The summed E-state index contributed by atoms with van der Waals surface area (Å²) in [5, 5.41) is 0. The predicted molar refractivity (Wildman–Crippen MR) is 99.0 cm³/mol. The molecule has 0 aromatic carbocycles. The molecular formula is C21H27BrO2. The Balaban J connectivity index is 1.81. The van der Waals surface area contributed by atoms with E-state index in [4.69, 9.17) is 0 Å². The van der Waals surface area contributed by atoms with Crippen LogP contribution in [0.1, 0.15) is 59.3 Å². The second-order valence-corrected chi connectivity index (χ2v) is 10.2. The van der Waals surface area contributed by atoms with Crippen LogP contribution in [0.25, 0.3) is 0 Å². The average molecular weight is 391 g/mol. The van der Waals surface area contributed by atoms with Crippen molar-refractivity contribution < 1.29 is 9.59 Å². The predicted octanol–water partition coefficient (Wildman–Crippen LogP) is 5.02. The van der Waals surface area contributed by atoms with Gasteiger partial charge in [0.2, 0.25) is 0 Å². The second-order valence-electron chi connectivity index (χ2n) is 9.05. The maximum atomic E-state index is 12.5. The van der Waals surface area contributed by atoms with E-state index in [2.05, 4.69) is 36.4 Å². The fourth-order valence-electron chi connectivity index (χ4n) is 6.65. The molecule has 24 heavy (non-hydrogen) atoms. The Morgan fingerprint density at radius 3 is 2.50 bits per heavy atom. The van der Waals surface area contributed by atoms with Gasteiger partial charge in [0.25, 0.3) is 0 Å². The minimum Gasteiger partial charge on any atom is -0.299 e. The smallest absolute Gasteiger partial charge is 0.172 e. The van der Waals surface area contributed by atoms with Gasteiger partial charge in [-0.25, -0.2) is 0 Å². The van der Waals surface area contributed by atoms with E-state index in [1.165, 1.54) is 11.1 Å². The summed E-state index contributed by atoms with van der Waals surface area (Å²) >= 11 is 3.64. The van der Waals surface area contributed by atoms with Crippen molar-refractivity contribution in [1.82, 2.24) is 0 Å². The Hall–Kier alpha value is -0.700. The minimum atomic E-state index is -0.130.